The lowest BCUT2D eigenvalue weighted by atomic mass is 9.86. The number of hydrogen-bond acceptors (Lipinski definition) is 4. The predicted molar refractivity (Wildman–Crippen MR) is 166 cm³/mol. The van der Waals surface area contributed by atoms with E-state index < -0.39 is 22.5 Å². The second-order valence-electron chi connectivity index (χ2n) is 11.0. The molecule has 0 aliphatic rings. The van der Waals surface area contributed by atoms with Gasteiger partial charge in [-0.15, -0.1) is 0 Å². The molecule has 0 aromatic heterocycles. The third-order valence-electron chi connectivity index (χ3n) is 6.76. The van der Waals surface area contributed by atoms with E-state index in [-0.39, 0.29) is 16.1 Å². The Bertz CT molecular complexity index is 1690. The van der Waals surface area contributed by atoms with Crippen molar-refractivity contribution in [3.05, 3.63) is 124 Å². The summed E-state index contributed by atoms with van der Waals surface area (Å²) in [6.07, 6.45) is 0. The first-order valence-electron chi connectivity index (χ1n) is 13.2. The number of amides is 1. The van der Waals surface area contributed by atoms with Gasteiger partial charge in [-0.05, 0) is 66.8 Å². The highest BCUT2D eigenvalue weighted by Crippen LogP contribution is 2.30. The maximum atomic E-state index is 13.7. The number of ketones is 1. The molecule has 0 aliphatic heterocycles. The van der Waals surface area contributed by atoms with E-state index >= 15 is 0 Å². The van der Waals surface area contributed by atoms with E-state index in [1.54, 1.807) is 67.6 Å². The van der Waals surface area contributed by atoms with Gasteiger partial charge in [0.2, 0.25) is 5.91 Å². The normalized spacial score (nSPS) is 11.7. The molecule has 0 atom stereocenters. The number of aryl methyl sites for hydroxylation is 2. The molecule has 0 fully saturated rings. The minimum absolute atomic E-state index is 0.0315. The molecule has 0 aliphatic carbocycles. The fourth-order valence-corrected chi connectivity index (χ4v) is 5.99. The lowest BCUT2D eigenvalue weighted by Crippen LogP contribution is -2.38. The number of hydrogen-bond donors (Lipinski definition) is 1. The maximum absolute atomic E-state index is 13.7. The van der Waals surface area contributed by atoms with Gasteiger partial charge >= 0.3 is 0 Å². The van der Waals surface area contributed by atoms with Gasteiger partial charge in [-0.25, -0.2) is 8.42 Å². The number of rotatable bonds is 8. The Morgan fingerprint density at radius 3 is 2.12 bits per heavy atom. The zero-order chi connectivity index (χ0) is 29.9. The number of carbonyl (C=O) groups is 2. The number of nitrogens with one attached hydrogen (secondary N) is 1. The summed E-state index contributed by atoms with van der Waals surface area (Å²) in [5, 5.41) is 3.10. The Labute approximate surface area is 247 Å². The monoisotopic (exact) mass is 588 g/mol. The van der Waals surface area contributed by atoms with E-state index in [9.17, 15) is 18.0 Å². The molecule has 1 amide bonds. The number of carbonyl (C=O) groups excluding carboxylic acids is 2. The minimum Gasteiger partial charge on any atom is -0.324 e. The summed E-state index contributed by atoms with van der Waals surface area (Å²) >= 11 is 6.22. The van der Waals surface area contributed by atoms with Crippen LogP contribution in [0.25, 0.3) is 0 Å². The van der Waals surface area contributed by atoms with Crippen LogP contribution in [0.2, 0.25) is 5.02 Å². The number of anilines is 2. The van der Waals surface area contributed by atoms with Crippen LogP contribution in [0.1, 0.15) is 53.4 Å². The first kappa shape index (κ1) is 30.0. The SMILES string of the molecule is Cc1ccc(S(=O)(=O)N(CC(=O)Nc2cccc(C(=O)c3ccc(C(C)(C)C)cc3)c2)c2cc(Cl)ccc2C)cc1. The van der Waals surface area contributed by atoms with Crippen LogP contribution in [0.15, 0.2) is 95.9 Å². The molecule has 0 heterocycles. The van der Waals surface area contributed by atoms with Crippen LogP contribution in [0.3, 0.4) is 0 Å². The van der Waals surface area contributed by atoms with Crippen molar-refractivity contribution in [2.45, 2.75) is 44.9 Å². The Hall–Kier alpha value is -3.94. The van der Waals surface area contributed by atoms with Crippen molar-refractivity contribution in [1.82, 2.24) is 0 Å². The third kappa shape index (κ3) is 7.04. The summed E-state index contributed by atoms with van der Waals surface area (Å²) in [5.41, 5.74) is 4.26. The van der Waals surface area contributed by atoms with E-state index in [2.05, 4.69) is 26.1 Å². The lowest BCUT2D eigenvalue weighted by molar-refractivity contribution is -0.114. The van der Waals surface area contributed by atoms with Crippen LogP contribution in [-0.4, -0.2) is 26.7 Å². The quantitative estimate of drug-likeness (QED) is 0.219. The van der Waals surface area contributed by atoms with Gasteiger partial charge in [0.1, 0.15) is 6.54 Å². The van der Waals surface area contributed by atoms with Gasteiger partial charge in [0, 0.05) is 21.8 Å². The molecule has 0 saturated carbocycles. The van der Waals surface area contributed by atoms with E-state index in [1.165, 1.54) is 18.2 Å². The Balaban J connectivity index is 1.60. The van der Waals surface area contributed by atoms with Crippen LogP contribution in [0.5, 0.6) is 0 Å². The smallest absolute Gasteiger partial charge is 0.264 e. The second-order valence-corrected chi connectivity index (χ2v) is 13.3. The van der Waals surface area contributed by atoms with E-state index in [0.717, 1.165) is 15.4 Å². The molecule has 0 bridgehead atoms. The lowest BCUT2D eigenvalue weighted by Gasteiger charge is -2.26. The van der Waals surface area contributed by atoms with Crippen LogP contribution >= 0.6 is 11.6 Å². The van der Waals surface area contributed by atoms with Gasteiger partial charge in [-0.1, -0.05) is 92.5 Å². The molecule has 0 saturated heterocycles. The molecule has 6 nitrogen and oxygen atoms in total. The van der Waals surface area contributed by atoms with Gasteiger partial charge in [-0.3, -0.25) is 13.9 Å². The van der Waals surface area contributed by atoms with Crippen molar-refractivity contribution in [3.8, 4) is 0 Å². The van der Waals surface area contributed by atoms with Gasteiger partial charge < -0.3 is 5.32 Å². The summed E-state index contributed by atoms with van der Waals surface area (Å²) in [4.78, 5) is 26.5. The molecule has 0 spiro atoms. The number of nitrogens with zero attached hydrogens (tertiary/aromatic N) is 1. The first-order chi connectivity index (χ1) is 19.3. The zero-order valence-electron chi connectivity index (χ0n) is 23.7. The second kappa shape index (κ2) is 11.9. The van der Waals surface area contributed by atoms with Gasteiger partial charge in [-0.2, -0.15) is 0 Å². The molecular formula is C33H33ClN2O4S. The third-order valence-corrected chi connectivity index (χ3v) is 8.77. The highest BCUT2D eigenvalue weighted by Gasteiger charge is 2.28. The number of benzene rings is 4. The summed E-state index contributed by atoms with van der Waals surface area (Å²) in [6, 6.07) is 25.4. The summed E-state index contributed by atoms with van der Waals surface area (Å²) in [5.74, 6) is -0.751. The summed E-state index contributed by atoms with van der Waals surface area (Å²) in [6.45, 7) is 9.45. The van der Waals surface area contributed by atoms with Crippen LogP contribution < -0.4 is 9.62 Å². The van der Waals surface area contributed by atoms with Gasteiger partial charge in [0.05, 0.1) is 10.6 Å². The van der Waals surface area contributed by atoms with Crippen molar-refractivity contribution < 1.29 is 18.0 Å². The molecule has 1 N–H and O–H groups in total. The first-order valence-corrected chi connectivity index (χ1v) is 15.0. The standard InChI is InChI=1S/C33H33ClN2O4S/c1-22-9-17-29(18-10-22)41(39,40)36(30-20-27(34)16-11-23(30)2)21-31(37)35-28-8-6-7-25(19-28)32(38)24-12-14-26(15-13-24)33(3,4)5/h6-20H,21H2,1-5H3,(H,35,37). The van der Waals surface area contributed by atoms with Crippen molar-refractivity contribution in [2.75, 3.05) is 16.2 Å². The maximum Gasteiger partial charge on any atom is 0.264 e. The average Bonchev–Trinajstić information content (AvgIpc) is 2.92. The Morgan fingerprint density at radius 1 is 0.829 bits per heavy atom. The van der Waals surface area contributed by atoms with E-state index in [0.29, 0.717) is 33.1 Å². The molecule has 4 aromatic rings. The van der Waals surface area contributed by atoms with Crippen molar-refractivity contribution in [3.63, 3.8) is 0 Å². The average molecular weight is 589 g/mol. The minimum atomic E-state index is -4.11. The fraction of sp³-hybridized carbons (Fsp3) is 0.212. The van der Waals surface area contributed by atoms with E-state index in [1.807, 2.05) is 19.1 Å². The topological polar surface area (TPSA) is 83.6 Å². The van der Waals surface area contributed by atoms with Gasteiger partial charge in [0.15, 0.2) is 5.78 Å². The number of sulfonamides is 1. The molecule has 4 rings (SSSR count). The fourth-order valence-electron chi connectivity index (χ4n) is 4.35. The van der Waals surface area contributed by atoms with Crippen LogP contribution in [0, 0.1) is 13.8 Å². The van der Waals surface area contributed by atoms with Crippen LogP contribution in [0.4, 0.5) is 11.4 Å². The molecular weight excluding hydrogens is 556 g/mol. The largest absolute Gasteiger partial charge is 0.324 e. The summed E-state index contributed by atoms with van der Waals surface area (Å²) in [7, 11) is -4.11. The molecule has 41 heavy (non-hydrogen) atoms. The number of halogens is 1. The van der Waals surface area contributed by atoms with E-state index in [4.69, 9.17) is 11.6 Å². The van der Waals surface area contributed by atoms with Crippen molar-refractivity contribution in [1.29, 1.82) is 0 Å². The van der Waals surface area contributed by atoms with Crippen molar-refractivity contribution in [2.24, 2.45) is 0 Å². The molecule has 212 valence electrons. The van der Waals surface area contributed by atoms with Gasteiger partial charge in [0.25, 0.3) is 10.0 Å². The molecule has 0 radical (unpaired) electrons. The van der Waals surface area contributed by atoms with Crippen molar-refractivity contribution >= 4 is 44.7 Å². The molecule has 0 unspecified atom stereocenters. The Kier molecular flexibility index (Phi) is 8.71. The zero-order valence-corrected chi connectivity index (χ0v) is 25.3. The molecule has 8 heteroatoms. The predicted octanol–water partition coefficient (Wildman–Crippen LogP) is 7.32. The Morgan fingerprint density at radius 2 is 1.49 bits per heavy atom. The van der Waals surface area contributed by atoms with Crippen LogP contribution in [-0.2, 0) is 20.2 Å². The molecule has 4 aromatic carbocycles. The highest BCUT2D eigenvalue weighted by molar-refractivity contribution is 7.92. The highest BCUT2D eigenvalue weighted by atomic mass is 35.5. The summed E-state index contributed by atoms with van der Waals surface area (Å²) < 4.78 is 28.5.